The number of hydrogen-bond acceptors (Lipinski definition) is 9. The van der Waals surface area contributed by atoms with Crippen LogP contribution in [0.5, 0.6) is 17.2 Å². The number of carbonyl (C=O) groups is 1. The van der Waals surface area contributed by atoms with Crippen LogP contribution in [0.3, 0.4) is 0 Å². The van der Waals surface area contributed by atoms with Crippen molar-refractivity contribution >= 4 is 28.7 Å². The minimum absolute atomic E-state index is 0.0443. The standard InChI is InChI=1S/C29H35N7O4/c1-5-35(6-2)22-11-9-21(10-12-22)31-27-20(4)33-36-29(27)32-28(34-36)19(3)17-30-26(37)8-7-15-38-23-13-14-24-25(16-23)40-18-39-24/h9-14,16,19H,5-8,15,17-18H2,1-4H3,(H,30,37). The van der Waals surface area contributed by atoms with Crippen molar-refractivity contribution in [3.8, 4) is 17.2 Å². The van der Waals surface area contributed by atoms with Gasteiger partial charge in [-0.25, -0.2) is 9.98 Å². The van der Waals surface area contributed by atoms with Gasteiger partial charge in [-0.15, -0.1) is 9.89 Å². The molecule has 11 heteroatoms. The lowest BCUT2D eigenvalue weighted by Crippen LogP contribution is -2.28. The average molecular weight is 546 g/mol. The molecule has 0 saturated carbocycles. The predicted octanol–water partition coefficient (Wildman–Crippen LogP) is 4.29. The molecule has 11 nitrogen and oxygen atoms in total. The molecule has 2 aliphatic rings. The molecule has 1 aromatic heterocycles. The van der Waals surface area contributed by atoms with Crippen LogP contribution >= 0.6 is 0 Å². The number of ether oxygens (including phenoxy) is 3. The highest BCUT2D eigenvalue weighted by molar-refractivity contribution is 6.48. The van der Waals surface area contributed by atoms with Gasteiger partial charge in [-0.2, -0.15) is 5.10 Å². The van der Waals surface area contributed by atoms with Gasteiger partial charge in [0.05, 0.1) is 18.0 Å². The first kappa shape index (κ1) is 27.2. The van der Waals surface area contributed by atoms with Gasteiger partial charge in [0, 0.05) is 43.7 Å². The quantitative estimate of drug-likeness (QED) is 0.338. The van der Waals surface area contributed by atoms with Crippen LogP contribution in [0.2, 0.25) is 0 Å². The summed E-state index contributed by atoms with van der Waals surface area (Å²) in [5, 5.41) is 12.0. The van der Waals surface area contributed by atoms with Crippen molar-refractivity contribution in [1.82, 2.24) is 20.2 Å². The summed E-state index contributed by atoms with van der Waals surface area (Å²) in [4.78, 5) is 25.7. The lowest BCUT2D eigenvalue weighted by Gasteiger charge is -2.20. The van der Waals surface area contributed by atoms with Gasteiger partial charge in [-0.3, -0.25) is 4.79 Å². The van der Waals surface area contributed by atoms with Gasteiger partial charge in [0.1, 0.15) is 11.5 Å². The van der Waals surface area contributed by atoms with Crippen LogP contribution < -0.4 is 24.4 Å². The summed E-state index contributed by atoms with van der Waals surface area (Å²) in [6, 6.07) is 13.6. The summed E-state index contributed by atoms with van der Waals surface area (Å²) in [7, 11) is 0. The number of rotatable bonds is 12. The van der Waals surface area contributed by atoms with Crippen LogP contribution in [-0.2, 0) is 4.79 Å². The summed E-state index contributed by atoms with van der Waals surface area (Å²) >= 11 is 0. The van der Waals surface area contributed by atoms with E-state index in [0.717, 1.165) is 24.5 Å². The van der Waals surface area contributed by atoms with Crippen LogP contribution in [0, 0.1) is 0 Å². The number of amides is 1. The van der Waals surface area contributed by atoms with Crippen molar-refractivity contribution in [2.75, 3.05) is 37.9 Å². The molecule has 0 saturated heterocycles. The highest BCUT2D eigenvalue weighted by atomic mass is 16.7. The average Bonchev–Trinajstić information content (AvgIpc) is 3.67. The zero-order chi connectivity index (χ0) is 28.1. The first-order valence-electron chi connectivity index (χ1n) is 13.7. The van der Waals surface area contributed by atoms with E-state index in [4.69, 9.17) is 24.2 Å². The van der Waals surface area contributed by atoms with Crippen LogP contribution in [0.25, 0.3) is 0 Å². The Bertz CT molecular complexity index is 1410. The molecule has 0 radical (unpaired) electrons. The Morgan fingerprint density at radius 2 is 1.93 bits per heavy atom. The number of nitrogens with one attached hydrogen (secondary N) is 1. The van der Waals surface area contributed by atoms with Crippen molar-refractivity contribution in [2.45, 2.75) is 46.5 Å². The third-order valence-corrected chi connectivity index (χ3v) is 6.83. The Morgan fingerprint density at radius 1 is 1.15 bits per heavy atom. The van der Waals surface area contributed by atoms with Gasteiger partial charge in [0.15, 0.2) is 17.3 Å². The second-order valence-electron chi connectivity index (χ2n) is 9.69. The van der Waals surface area contributed by atoms with E-state index < -0.39 is 0 Å². The fraction of sp³-hybridized carbons (Fsp3) is 0.414. The number of fused-ring (bicyclic) bond motifs is 2. The molecule has 1 N–H and O–H groups in total. The molecule has 210 valence electrons. The molecule has 0 fully saturated rings. The van der Waals surface area contributed by atoms with E-state index in [-0.39, 0.29) is 18.6 Å². The van der Waals surface area contributed by atoms with Gasteiger partial charge in [-0.1, -0.05) is 6.92 Å². The van der Waals surface area contributed by atoms with E-state index in [1.165, 1.54) is 10.5 Å². The Labute approximate surface area is 233 Å². The molecular formula is C29H35N7O4. The maximum absolute atomic E-state index is 12.4. The Morgan fingerprint density at radius 3 is 2.70 bits per heavy atom. The third-order valence-electron chi connectivity index (χ3n) is 6.83. The maximum Gasteiger partial charge on any atom is 0.231 e. The van der Waals surface area contributed by atoms with Crippen molar-refractivity contribution in [2.24, 2.45) is 10.1 Å². The Hall–Kier alpha value is -4.41. The number of carbonyl (C=O) groups excluding carboxylic acids is 1. The molecule has 1 amide bonds. The number of anilines is 1. The van der Waals surface area contributed by atoms with E-state index in [2.05, 4.69) is 46.4 Å². The molecule has 5 rings (SSSR count). The SMILES string of the molecule is CCN(CC)c1ccc(N=C2C(C)=Nn3nc(C(C)CNC(=O)CCCOc4ccc5c(c4)OCO5)nc32)cc1. The van der Waals surface area contributed by atoms with Gasteiger partial charge in [-0.05, 0) is 63.6 Å². The second-order valence-corrected chi connectivity index (χ2v) is 9.69. The van der Waals surface area contributed by atoms with Gasteiger partial charge in [0.2, 0.25) is 18.5 Å². The molecule has 3 heterocycles. The molecule has 0 bridgehead atoms. The fourth-order valence-corrected chi connectivity index (χ4v) is 4.52. The van der Waals surface area contributed by atoms with E-state index >= 15 is 0 Å². The van der Waals surface area contributed by atoms with E-state index in [1.54, 1.807) is 6.07 Å². The van der Waals surface area contributed by atoms with E-state index in [1.807, 2.05) is 38.1 Å². The first-order valence-corrected chi connectivity index (χ1v) is 13.7. The number of nitrogens with zero attached hydrogens (tertiary/aromatic N) is 6. The van der Waals surface area contributed by atoms with Crippen LogP contribution in [-0.4, -0.2) is 65.2 Å². The zero-order valence-electron chi connectivity index (χ0n) is 23.4. The summed E-state index contributed by atoms with van der Waals surface area (Å²) in [5.74, 6) is 3.17. The molecule has 40 heavy (non-hydrogen) atoms. The molecule has 1 atom stereocenters. The summed E-state index contributed by atoms with van der Waals surface area (Å²) in [5.41, 5.74) is 3.47. The molecular weight excluding hydrogens is 510 g/mol. The van der Waals surface area contributed by atoms with E-state index in [0.29, 0.717) is 60.6 Å². The molecule has 0 spiro atoms. The number of aliphatic imine (C=N–C) groups is 1. The highest BCUT2D eigenvalue weighted by Crippen LogP contribution is 2.35. The minimum Gasteiger partial charge on any atom is -0.493 e. The van der Waals surface area contributed by atoms with Crippen LogP contribution in [0.4, 0.5) is 11.4 Å². The Balaban J connectivity index is 1.11. The van der Waals surface area contributed by atoms with Crippen molar-refractivity contribution < 1.29 is 19.0 Å². The van der Waals surface area contributed by atoms with Gasteiger partial charge in [0.25, 0.3) is 0 Å². The molecule has 3 aromatic rings. The van der Waals surface area contributed by atoms with Gasteiger partial charge < -0.3 is 24.4 Å². The monoisotopic (exact) mass is 545 g/mol. The maximum atomic E-state index is 12.4. The van der Waals surface area contributed by atoms with Crippen molar-refractivity contribution in [3.63, 3.8) is 0 Å². The van der Waals surface area contributed by atoms with E-state index in [9.17, 15) is 4.79 Å². The lowest BCUT2D eigenvalue weighted by atomic mass is 10.1. The minimum atomic E-state index is -0.0861. The summed E-state index contributed by atoms with van der Waals surface area (Å²) in [6.45, 7) is 11.2. The van der Waals surface area contributed by atoms with Crippen molar-refractivity contribution in [3.05, 3.63) is 54.1 Å². The molecule has 1 unspecified atom stereocenters. The zero-order valence-corrected chi connectivity index (χ0v) is 23.4. The van der Waals surface area contributed by atoms with Gasteiger partial charge >= 0.3 is 0 Å². The lowest BCUT2D eigenvalue weighted by molar-refractivity contribution is -0.121. The third kappa shape index (κ3) is 6.08. The van der Waals surface area contributed by atoms with Crippen LogP contribution in [0.15, 0.2) is 52.6 Å². The number of benzene rings is 2. The smallest absolute Gasteiger partial charge is 0.231 e. The molecule has 2 aliphatic heterocycles. The normalized spacial score (nSPS) is 15.1. The largest absolute Gasteiger partial charge is 0.493 e. The van der Waals surface area contributed by atoms with Crippen LogP contribution in [0.1, 0.15) is 58.1 Å². The topological polar surface area (TPSA) is 115 Å². The predicted molar refractivity (Wildman–Crippen MR) is 153 cm³/mol. The summed E-state index contributed by atoms with van der Waals surface area (Å²) in [6.07, 6.45) is 0.952. The molecule has 2 aromatic carbocycles. The number of aromatic nitrogens is 3. The van der Waals surface area contributed by atoms with Crippen molar-refractivity contribution in [1.29, 1.82) is 0 Å². The summed E-state index contributed by atoms with van der Waals surface area (Å²) < 4.78 is 16.4. The fourth-order valence-electron chi connectivity index (χ4n) is 4.52. The Kier molecular flexibility index (Phi) is 8.28. The second kappa shape index (κ2) is 12.2. The highest BCUT2D eigenvalue weighted by Gasteiger charge is 2.26. The molecule has 0 aliphatic carbocycles. The number of hydrogen-bond donors (Lipinski definition) is 1. The first-order chi connectivity index (χ1) is 19.4.